The summed E-state index contributed by atoms with van der Waals surface area (Å²) in [6.45, 7) is 14.1. The molecule has 0 spiro atoms. The molecule has 2 N–H and O–H groups in total. The van der Waals surface area contributed by atoms with E-state index >= 15 is 13.6 Å². The van der Waals surface area contributed by atoms with Gasteiger partial charge < -0.3 is 72.4 Å². The minimum atomic E-state index is -1.54. The summed E-state index contributed by atoms with van der Waals surface area (Å²) >= 11 is 0. The number of rotatable bonds is 35. The van der Waals surface area contributed by atoms with Crippen LogP contribution in [0.5, 0.6) is 0 Å². The Labute approximate surface area is 483 Å². The third-order valence-electron chi connectivity index (χ3n) is 13.7. The Morgan fingerprint density at radius 3 is 1.94 bits per heavy atom. The Balaban J connectivity index is 0.926. The van der Waals surface area contributed by atoms with Crippen LogP contribution in [0.2, 0.25) is 0 Å². The Kier molecular flexibility index (Phi) is 27.0. The second-order valence-corrected chi connectivity index (χ2v) is 21.5. The molecule has 0 aliphatic carbocycles. The second-order valence-electron chi connectivity index (χ2n) is 21.5. The van der Waals surface area contributed by atoms with Crippen molar-refractivity contribution < 1.29 is 84.5 Å². The zero-order valence-corrected chi connectivity index (χ0v) is 48.3. The Morgan fingerprint density at radius 1 is 0.795 bits per heavy atom. The number of alkyl carbamates (subject to hydrolysis) is 1. The van der Waals surface area contributed by atoms with Gasteiger partial charge in [0.05, 0.1) is 123 Å². The van der Waals surface area contributed by atoms with Crippen LogP contribution in [-0.2, 0) is 63.5 Å². The van der Waals surface area contributed by atoms with Crippen LogP contribution >= 0.6 is 0 Å². The summed E-state index contributed by atoms with van der Waals surface area (Å²) in [5.41, 5.74) is -0.677. The number of likely N-dealkylation sites (tertiary alicyclic amines) is 1. The van der Waals surface area contributed by atoms with E-state index in [4.69, 9.17) is 52.4 Å². The lowest BCUT2D eigenvalue weighted by Crippen LogP contribution is -2.54. The van der Waals surface area contributed by atoms with Crippen LogP contribution in [0.1, 0.15) is 64.9 Å². The fraction of sp³-hybridized carbons (Fsp3) is 0.621. The number of amides is 6. The molecule has 1 aromatic heterocycles. The number of nitrogens with one attached hydrogen (secondary N) is 2. The van der Waals surface area contributed by atoms with Gasteiger partial charge in [-0.1, -0.05) is 37.3 Å². The van der Waals surface area contributed by atoms with E-state index < -0.39 is 65.0 Å². The molecule has 83 heavy (non-hydrogen) atoms. The van der Waals surface area contributed by atoms with E-state index in [2.05, 4.69) is 10.6 Å². The van der Waals surface area contributed by atoms with Crippen molar-refractivity contribution in [3.63, 3.8) is 0 Å². The van der Waals surface area contributed by atoms with Crippen LogP contribution in [0.3, 0.4) is 0 Å². The molecule has 6 rings (SSSR count). The topological polar surface area (TPSA) is 229 Å². The molecule has 2 fully saturated rings. The lowest BCUT2D eigenvalue weighted by Gasteiger charge is -2.46. The van der Waals surface area contributed by atoms with Crippen molar-refractivity contribution in [1.82, 2.24) is 34.9 Å². The summed E-state index contributed by atoms with van der Waals surface area (Å²) in [6.07, 6.45) is 2.04. The number of imidazole rings is 1. The fourth-order valence-corrected chi connectivity index (χ4v) is 9.40. The Hall–Kier alpha value is -6.19. The first-order valence-corrected chi connectivity index (χ1v) is 28.2. The minimum absolute atomic E-state index is 0.0531. The van der Waals surface area contributed by atoms with Crippen molar-refractivity contribution in [2.75, 3.05) is 145 Å². The molecule has 0 unspecified atom stereocenters. The Bertz CT molecular complexity index is 2510. The van der Waals surface area contributed by atoms with Gasteiger partial charge in [-0.2, -0.15) is 0 Å². The highest BCUT2D eigenvalue weighted by molar-refractivity contribution is 6.12. The maximum Gasteiger partial charge on any atom is 0.410 e. The van der Waals surface area contributed by atoms with Gasteiger partial charge in [-0.05, 0) is 69.7 Å². The van der Waals surface area contributed by atoms with E-state index in [1.807, 2.05) is 41.8 Å². The average Bonchev–Trinajstić information content (AvgIpc) is 4.23. The number of carbonyl (C=O) groups excluding carboxylic acids is 5. The van der Waals surface area contributed by atoms with Crippen molar-refractivity contribution >= 4 is 30.0 Å². The predicted octanol–water partition coefficient (Wildman–Crippen LogP) is 6.11. The number of hydrogen-bond donors (Lipinski definition) is 2. The smallest absolute Gasteiger partial charge is 0.410 e. The second kappa shape index (κ2) is 33.9. The van der Waals surface area contributed by atoms with Gasteiger partial charge in [-0.25, -0.2) is 32.5 Å². The van der Waals surface area contributed by atoms with Crippen molar-refractivity contribution in [2.45, 2.75) is 77.9 Å². The molecule has 0 saturated carbocycles. The highest BCUT2D eigenvalue weighted by atomic mass is 19.1. The molecule has 0 bridgehead atoms. The summed E-state index contributed by atoms with van der Waals surface area (Å²) in [4.78, 5) is 73.1. The molecule has 22 nitrogen and oxygen atoms in total. The van der Waals surface area contributed by atoms with Gasteiger partial charge in [0.1, 0.15) is 35.8 Å². The van der Waals surface area contributed by atoms with E-state index in [0.29, 0.717) is 105 Å². The minimum Gasteiger partial charge on any atom is -0.447 e. The van der Waals surface area contributed by atoms with Gasteiger partial charge in [0.2, 0.25) is 0 Å². The van der Waals surface area contributed by atoms with Crippen molar-refractivity contribution in [2.24, 2.45) is 11.3 Å². The molecule has 460 valence electrons. The van der Waals surface area contributed by atoms with E-state index in [0.717, 1.165) is 28.7 Å². The molecule has 3 aliphatic rings. The van der Waals surface area contributed by atoms with Gasteiger partial charge in [0.25, 0.3) is 11.8 Å². The Morgan fingerprint density at radius 2 is 1.36 bits per heavy atom. The number of imide groups is 1. The largest absolute Gasteiger partial charge is 0.447 e. The molecule has 25 heteroatoms. The fourth-order valence-electron chi connectivity index (χ4n) is 9.40. The number of carbonyl (C=O) groups is 5. The number of hydrogen-bond acceptors (Lipinski definition) is 16. The van der Waals surface area contributed by atoms with E-state index in [-0.39, 0.29) is 88.8 Å². The first-order valence-electron chi connectivity index (χ1n) is 28.2. The molecule has 6 amide bonds. The monoisotopic (exact) mass is 1170 g/mol. The van der Waals surface area contributed by atoms with E-state index in [1.165, 1.54) is 22.0 Å². The molecule has 2 aromatic carbocycles. The maximum absolute atomic E-state index is 16.3. The van der Waals surface area contributed by atoms with Gasteiger partial charge in [0.15, 0.2) is 0 Å². The van der Waals surface area contributed by atoms with Crippen molar-refractivity contribution in [3.05, 3.63) is 89.9 Å². The number of halogens is 3. The van der Waals surface area contributed by atoms with Gasteiger partial charge in [-0.15, -0.1) is 0 Å². The van der Waals surface area contributed by atoms with Crippen LogP contribution in [-0.4, -0.2) is 217 Å². The number of aromatic nitrogens is 2. The molecule has 4 heterocycles. The van der Waals surface area contributed by atoms with Crippen LogP contribution in [0, 0.1) is 23.0 Å². The summed E-state index contributed by atoms with van der Waals surface area (Å²) in [5, 5.41) is 5.59. The van der Waals surface area contributed by atoms with Crippen LogP contribution in [0.15, 0.2) is 66.9 Å². The standard InChI is InChI=1S/C58H82F3N7O15/c1-42(41-82-55(72)62-17-21-75-23-25-77-27-29-79-31-33-81-34-32-80-30-28-78-26-24-76-22-18-67-50(69)13-14-51(67)70)63-54(71)68(38-44-37-66(39-48(44)61)56(73)83-57(2,3)4)52(58(5)15-19-74-20-16-58)53-64-49(46-35-45(59)11-12-47(46)60)40-65(53)36-43-9-7-6-8-10-43/h6-14,35,40,42,44,48,52H,15-34,36-39,41H2,1-5H3,(H,62,72)(H,63,71)/t42-,44-,48-,52-/m0/s1. The maximum atomic E-state index is 16.3. The van der Waals surface area contributed by atoms with Crippen LogP contribution in [0.4, 0.5) is 27.6 Å². The molecule has 3 aliphatic heterocycles. The third-order valence-corrected chi connectivity index (χ3v) is 13.7. The number of benzene rings is 2. The summed E-state index contributed by atoms with van der Waals surface area (Å²) < 4.78 is 104. The normalized spacial score (nSPS) is 17.7. The first-order chi connectivity index (χ1) is 39.9. The average molecular weight is 1170 g/mol. The van der Waals surface area contributed by atoms with Gasteiger partial charge in [-0.3, -0.25) is 14.5 Å². The molecular formula is C58H82F3N7O15. The van der Waals surface area contributed by atoms with Crippen LogP contribution in [0.25, 0.3) is 11.3 Å². The number of ether oxygens (including phenoxy) is 10. The zero-order chi connectivity index (χ0) is 59.6. The zero-order valence-electron chi connectivity index (χ0n) is 48.3. The SMILES string of the molecule is C[C@@H](COC(=O)NCCOCCOCCOCCOCCOCCOCCOCCN1C(=O)C=CC1=O)NC(=O)N(C[C@@H]1CN(C(=O)OC(C)(C)C)C[C@@H]1F)[C@@H](c1nc(-c2cc(F)ccc2F)cn1Cc1ccccc1)C1(C)CCOCC1. The molecule has 0 radical (unpaired) electrons. The summed E-state index contributed by atoms with van der Waals surface area (Å²) in [7, 11) is 0. The van der Waals surface area contributed by atoms with Crippen LogP contribution < -0.4 is 10.6 Å². The van der Waals surface area contributed by atoms with E-state index in [9.17, 15) is 23.6 Å². The predicted molar refractivity (Wildman–Crippen MR) is 296 cm³/mol. The summed E-state index contributed by atoms with van der Waals surface area (Å²) in [5.74, 6) is -2.55. The quantitative estimate of drug-likeness (QED) is 0.0500. The lowest BCUT2D eigenvalue weighted by atomic mass is 9.74. The first kappa shape index (κ1) is 66.0. The van der Waals surface area contributed by atoms with Gasteiger partial charge in [0, 0.05) is 69.2 Å². The number of nitrogens with zero attached hydrogens (tertiary/aromatic N) is 5. The molecule has 2 saturated heterocycles. The molecule has 4 atom stereocenters. The highest BCUT2D eigenvalue weighted by Gasteiger charge is 2.48. The molecular weight excluding hydrogens is 1090 g/mol. The summed E-state index contributed by atoms with van der Waals surface area (Å²) in [6, 6.07) is 10.3. The lowest BCUT2D eigenvalue weighted by molar-refractivity contribution is -0.137. The number of alkyl halides is 1. The van der Waals surface area contributed by atoms with Crippen molar-refractivity contribution in [3.8, 4) is 11.3 Å². The molecule has 3 aromatic rings. The van der Waals surface area contributed by atoms with Gasteiger partial charge >= 0.3 is 18.2 Å². The van der Waals surface area contributed by atoms with E-state index in [1.54, 1.807) is 33.9 Å². The highest BCUT2D eigenvalue weighted by Crippen LogP contribution is 2.47. The van der Waals surface area contributed by atoms with Crippen molar-refractivity contribution in [1.29, 1.82) is 0 Å². The third kappa shape index (κ3) is 22.1. The number of urea groups is 1.